The number of nitrogens with one attached hydrogen (secondary N) is 1. The molecule has 38 heavy (non-hydrogen) atoms. The van der Waals surface area contributed by atoms with Crippen molar-refractivity contribution in [2.75, 3.05) is 18.3 Å². The lowest BCUT2D eigenvalue weighted by molar-refractivity contribution is 0.306. The van der Waals surface area contributed by atoms with Crippen molar-refractivity contribution < 1.29 is 56.6 Å². The van der Waals surface area contributed by atoms with Gasteiger partial charge in [-0.2, -0.15) is 30.4 Å². The number of phenolic OH excluding ortho intramolecular Hbond substituents is 1. The molecule has 0 saturated heterocycles. The van der Waals surface area contributed by atoms with Gasteiger partial charge >= 0.3 is 10.4 Å². The minimum absolute atomic E-state index is 0.0879. The van der Waals surface area contributed by atoms with Gasteiger partial charge in [0.25, 0.3) is 20.2 Å². The number of aromatic hydroxyl groups is 1. The standard InChI is InChI=1S/C18H17N3O13S4/c1-19-13-6-7-14(36(25,26)27)12-8-15(37(28,29)30)17(18(22)16(12)13)21-20-10-2-4-11(5-3-10)35(23,24)9-34-38(31,32)33/h2-8,19,22H,9H2,1H3,(H,25,26,27)(H,28,29,30)(H,31,32,33). The molecule has 0 atom stereocenters. The summed E-state index contributed by atoms with van der Waals surface area (Å²) in [6.07, 6.45) is 0. The number of fused-ring (bicyclic) bond motifs is 1. The second kappa shape index (κ2) is 10.1. The molecule has 0 spiro atoms. The number of nitrogens with zero attached hydrogens (tertiary/aromatic N) is 2. The summed E-state index contributed by atoms with van der Waals surface area (Å²) in [6, 6.07) is 6.80. The van der Waals surface area contributed by atoms with Crippen LogP contribution in [-0.2, 0) is 44.7 Å². The van der Waals surface area contributed by atoms with E-state index in [-0.39, 0.29) is 16.8 Å². The van der Waals surface area contributed by atoms with Crippen molar-refractivity contribution in [2.24, 2.45) is 10.2 Å². The lowest BCUT2D eigenvalue weighted by Gasteiger charge is -2.14. The van der Waals surface area contributed by atoms with Crippen LogP contribution in [-0.4, -0.2) is 65.4 Å². The fourth-order valence-corrected chi connectivity index (χ4v) is 6.19. The zero-order valence-electron chi connectivity index (χ0n) is 18.7. The monoisotopic (exact) mass is 611 g/mol. The molecule has 3 aromatic rings. The van der Waals surface area contributed by atoms with E-state index in [1.165, 1.54) is 13.1 Å². The van der Waals surface area contributed by atoms with Crippen LogP contribution in [0.1, 0.15) is 0 Å². The molecule has 5 N–H and O–H groups in total. The van der Waals surface area contributed by atoms with E-state index >= 15 is 0 Å². The van der Waals surface area contributed by atoms with Gasteiger partial charge in [-0.15, -0.1) is 5.11 Å². The van der Waals surface area contributed by atoms with Crippen LogP contribution in [0, 0.1) is 0 Å². The molecule has 20 heteroatoms. The molecule has 16 nitrogen and oxygen atoms in total. The largest absolute Gasteiger partial charge is 0.505 e. The minimum Gasteiger partial charge on any atom is -0.505 e. The van der Waals surface area contributed by atoms with Gasteiger partial charge in [0, 0.05) is 18.1 Å². The number of benzene rings is 3. The average molecular weight is 612 g/mol. The highest BCUT2D eigenvalue weighted by atomic mass is 32.3. The summed E-state index contributed by atoms with van der Waals surface area (Å²) < 4.78 is 125. The van der Waals surface area contributed by atoms with Gasteiger partial charge in [-0.3, -0.25) is 13.7 Å². The Bertz CT molecular complexity index is 1880. The van der Waals surface area contributed by atoms with Crippen molar-refractivity contribution in [1.82, 2.24) is 0 Å². The Labute approximate surface area is 216 Å². The predicted octanol–water partition coefficient (Wildman–Crippen LogP) is 2.05. The Morgan fingerprint density at radius 1 is 0.816 bits per heavy atom. The first kappa shape index (κ1) is 29.3. The summed E-state index contributed by atoms with van der Waals surface area (Å²) in [6.45, 7) is 0. The number of anilines is 1. The first-order chi connectivity index (χ1) is 17.3. The number of sulfone groups is 1. The van der Waals surface area contributed by atoms with E-state index in [0.29, 0.717) is 6.07 Å². The van der Waals surface area contributed by atoms with Crippen molar-refractivity contribution in [2.45, 2.75) is 14.7 Å². The maximum Gasteiger partial charge on any atom is 0.398 e. The molecule has 0 saturated carbocycles. The molecule has 0 aliphatic rings. The SMILES string of the molecule is CNc1ccc(S(=O)(=O)O)c2cc(S(=O)(=O)O)c(N=Nc3ccc(S(=O)(=O)COS(=O)(=O)O)cc3)c(O)c12. The second-order valence-corrected chi connectivity index (χ2v) is 13.1. The van der Waals surface area contributed by atoms with Crippen LogP contribution in [0.5, 0.6) is 5.75 Å². The van der Waals surface area contributed by atoms with E-state index in [4.69, 9.17) is 4.55 Å². The molecule has 3 aromatic carbocycles. The van der Waals surface area contributed by atoms with E-state index < -0.39 is 77.9 Å². The van der Waals surface area contributed by atoms with Crippen molar-refractivity contribution in [3.63, 3.8) is 0 Å². The molecule has 0 amide bonds. The topological polar surface area (TPSA) is 263 Å². The Morgan fingerprint density at radius 2 is 1.39 bits per heavy atom. The number of hydrogen-bond acceptors (Lipinski definition) is 13. The first-order valence-electron chi connectivity index (χ1n) is 9.67. The average Bonchev–Trinajstić information content (AvgIpc) is 2.80. The quantitative estimate of drug-likeness (QED) is 0.171. The van der Waals surface area contributed by atoms with Gasteiger partial charge in [-0.25, -0.2) is 12.6 Å². The first-order valence-corrected chi connectivity index (χ1v) is 15.6. The van der Waals surface area contributed by atoms with Crippen molar-refractivity contribution >= 4 is 68.3 Å². The molecule has 0 aliphatic heterocycles. The number of phenols is 1. The maximum atomic E-state index is 12.1. The van der Waals surface area contributed by atoms with Gasteiger partial charge in [0.15, 0.2) is 11.7 Å². The van der Waals surface area contributed by atoms with Crippen molar-refractivity contribution in [3.8, 4) is 5.75 Å². The van der Waals surface area contributed by atoms with Gasteiger partial charge in [-0.05, 0) is 42.5 Å². The fourth-order valence-electron chi connectivity index (χ4n) is 3.18. The van der Waals surface area contributed by atoms with Crippen LogP contribution in [0.15, 0.2) is 67.4 Å². The molecule has 0 heterocycles. The van der Waals surface area contributed by atoms with Crippen LogP contribution in [0.4, 0.5) is 17.1 Å². The summed E-state index contributed by atoms with van der Waals surface area (Å²) in [5.41, 5.74) is -0.840. The predicted molar refractivity (Wildman–Crippen MR) is 130 cm³/mol. The summed E-state index contributed by atoms with van der Waals surface area (Å²) >= 11 is 0. The van der Waals surface area contributed by atoms with Crippen LogP contribution in [0.25, 0.3) is 10.8 Å². The zero-order valence-corrected chi connectivity index (χ0v) is 22.0. The Balaban J connectivity index is 2.16. The Morgan fingerprint density at radius 3 is 1.89 bits per heavy atom. The van der Waals surface area contributed by atoms with E-state index in [2.05, 4.69) is 19.7 Å². The maximum absolute atomic E-state index is 12.1. The lowest BCUT2D eigenvalue weighted by atomic mass is 10.1. The highest BCUT2D eigenvalue weighted by molar-refractivity contribution is 7.92. The fraction of sp³-hybridized carbons (Fsp3) is 0.111. The van der Waals surface area contributed by atoms with Crippen molar-refractivity contribution in [3.05, 3.63) is 42.5 Å². The molecule has 0 aromatic heterocycles. The van der Waals surface area contributed by atoms with Crippen LogP contribution < -0.4 is 5.32 Å². The highest BCUT2D eigenvalue weighted by Gasteiger charge is 2.27. The van der Waals surface area contributed by atoms with Gasteiger partial charge in [0.1, 0.15) is 15.5 Å². The van der Waals surface area contributed by atoms with E-state index in [9.17, 15) is 47.9 Å². The van der Waals surface area contributed by atoms with E-state index in [0.717, 1.165) is 30.3 Å². The molecule has 0 unspecified atom stereocenters. The zero-order chi connectivity index (χ0) is 28.7. The smallest absolute Gasteiger partial charge is 0.398 e. The number of rotatable bonds is 9. The molecular weight excluding hydrogens is 594 g/mol. The normalized spacial score (nSPS) is 13.3. The third-order valence-electron chi connectivity index (χ3n) is 4.81. The number of azo groups is 1. The molecule has 206 valence electrons. The molecule has 0 aliphatic carbocycles. The van der Waals surface area contributed by atoms with E-state index in [1.807, 2.05) is 0 Å². The van der Waals surface area contributed by atoms with E-state index in [1.54, 1.807) is 0 Å². The third-order valence-corrected chi connectivity index (χ3v) is 8.58. The van der Waals surface area contributed by atoms with Gasteiger partial charge < -0.3 is 10.4 Å². The second-order valence-electron chi connectivity index (χ2n) is 7.28. The highest BCUT2D eigenvalue weighted by Crippen LogP contribution is 2.46. The molecular formula is C18H17N3O13S4. The van der Waals surface area contributed by atoms with Crippen molar-refractivity contribution in [1.29, 1.82) is 0 Å². The Kier molecular flexibility index (Phi) is 7.83. The number of hydrogen-bond donors (Lipinski definition) is 5. The molecule has 3 rings (SSSR count). The van der Waals surface area contributed by atoms with Gasteiger partial charge in [0.2, 0.25) is 9.84 Å². The summed E-state index contributed by atoms with van der Waals surface area (Å²) in [4.78, 5) is -2.28. The van der Waals surface area contributed by atoms with Crippen LogP contribution in [0.2, 0.25) is 0 Å². The third kappa shape index (κ3) is 6.42. The molecule has 0 bridgehead atoms. The Hall–Kier alpha value is -3.24. The molecule has 0 radical (unpaired) electrons. The summed E-state index contributed by atoms with van der Waals surface area (Å²) in [5.74, 6) is -2.33. The lowest BCUT2D eigenvalue weighted by Crippen LogP contribution is -2.14. The van der Waals surface area contributed by atoms with Gasteiger partial charge in [0.05, 0.1) is 16.0 Å². The van der Waals surface area contributed by atoms with Gasteiger partial charge in [-0.1, -0.05) is 0 Å². The summed E-state index contributed by atoms with van der Waals surface area (Å²) in [5, 5.41) is 20.1. The minimum atomic E-state index is -5.15. The summed E-state index contributed by atoms with van der Waals surface area (Å²) in [7, 11) is -18.0. The van der Waals surface area contributed by atoms with Crippen LogP contribution >= 0.6 is 0 Å². The van der Waals surface area contributed by atoms with Crippen LogP contribution in [0.3, 0.4) is 0 Å². The molecule has 0 fully saturated rings.